The summed E-state index contributed by atoms with van der Waals surface area (Å²) in [6.07, 6.45) is 1.43. The molecule has 1 heterocycles. The molecule has 0 radical (unpaired) electrons. The number of amides is 2. The smallest absolute Gasteiger partial charge is 0.313 e. The van der Waals surface area contributed by atoms with Crippen LogP contribution in [-0.2, 0) is 9.59 Å². The molecule has 2 aromatic rings. The van der Waals surface area contributed by atoms with E-state index in [0.717, 1.165) is 5.56 Å². The third-order valence-electron chi connectivity index (χ3n) is 3.42. The number of furan rings is 1. The summed E-state index contributed by atoms with van der Waals surface area (Å²) in [5.74, 6) is -0.864. The molecule has 0 saturated carbocycles. The molecule has 0 saturated heterocycles. The number of hydrogen-bond acceptors (Lipinski definition) is 4. The van der Waals surface area contributed by atoms with E-state index in [2.05, 4.69) is 24.5 Å². The Balaban J connectivity index is 1.95. The number of carbonyl (C=O) groups is 2. The Morgan fingerprint density at radius 3 is 2.35 bits per heavy atom. The van der Waals surface area contributed by atoms with Crippen molar-refractivity contribution in [2.24, 2.45) is 0 Å². The molecule has 0 fully saturated rings. The summed E-state index contributed by atoms with van der Waals surface area (Å²) in [6, 6.07) is 9.79. The number of benzene rings is 1. The highest BCUT2D eigenvalue weighted by Gasteiger charge is 2.21. The third-order valence-corrected chi connectivity index (χ3v) is 3.42. The monoisotopic (exact) mass is 316 g/mol. The Morgan fingerprint density at radius 1 is 1.13 bits per heavy atom. The van der Waals surface area contributed by atoms with Crippen LogP contribution in [0.3, 0.4) is 0 Å². The normalized spacial score (nSPS) is 12.0. The van der Waals surface area contributed by atoms with Gasteiger partial charge in [-0.1, -0.05) is 26.0 Å². The van der Waals surface area contributed by atoms with Gasteiger partial charge in [0, 0.05) is 5.69 Å². The van der Waals surface area contributed by atoms with Gasteiger partial charge in [-0.05, 0) is 35.7 Å². The second kappa shape index (κ2) is 7.60. The Hall–Kier alpha value is -2.60. The zero-order valence-electron chi connectivity index (χ0n) is 13.1. The van der Waals surface area contributed by atoms with Crippen LogP contribution >= 0.6 is 0 Å². The molecule has 0 spiro atoms. The largest absolute Gasteiger partial charge is 0.467 e. The molecule has 6 nitrogen and oxygen atoms in total. The predicted molar refractivity (Wildman–Crippen MR) is 85.8 cm³/mol. The molecule has 122 valence electrons. The van der Waals surface area contributed by atoms with Crippen molar-refractivity contribution in [3.63, 3.8) is 0 Å². The lowest BCUT2D eigenvalue weighted by molar-refractivity contribution is -0.136. The van der Waals surface area contributed by atoms with Gasteiger partial charge in [-0.3, -0.25) is 9.59 Å². The predicted octanol–water partition coefficient (Wildman–Crippen LogP) is 2.19. The van der Waals surface area contributed by atoms with E-state index in [9.17, 15) is 14.7 Å². The first kappa shape index (κ1) is 16.8. The van der Waals surface area contributed by atoms with E-state index in [1.54, 1.807) is 24.3 Å². The Labute approximate surface area is 134 Å². The fraction of sp³-hybridized carbons (Fsp3) is 0.294. The molecule has 2 rings (SSSR count). The molecule has 0 bridgehead atoms. The number of anilines is 1. The van der Waals surface area contributed by atoms with Gasteiger partial charge in [-0.15, -0.1) is 0 Å². The summed E-state index contributed by atoms with van der Waals surface area (Å²) in [5, 5.41) is 14.2. The lowest BCUT2D eigenvalue weighted by Crippen LogP contribution is -2.38. The maximum absolute atomic E-state index is 11.9. The number of carbonyl (C=O) groups excluding carboxylic acids is 2. The standard InChI is InChI=1S/C17H20N2O4/c1-11(2)12-5-7-13(8-6-12)18-16(21)17(22)19-14(10-20)15-4-3-9-23-15/h3-9,11,14,20H,10H2,1-2H3,(H,18,21)(H,19,22). The minimum atomic E-state index is -0.839. The lowest BCUT2D eigenvalue weighted by Gasteiger charge is -2.14. The van der Waals surface area contributed by atoms with Crippen LogP contribution in [0, 0.1) is 0 Å². The van der Waals surface area contributed by atoms with Crippen molar-refractivity contribution in [2.75, 3.05) is 11.9 Å². The Morgan fingerprint density at radius 2 is 1.83 bits per heavy atom. The van der Waals surface area contributed by atoms with E-state index >= 15 is 0 Å². The van der Waals surface area contributed by atoms with Gasteiger partial charge in [0.25, 0.3) is 0 Å². The van der Waals surface area contributed by atoms with Gasteiger partial charge >= 0.3 is 11.8 Å². The van der Waals surface area contributed by atoms with Gasteiger partial charge in [0.2, 0.25) is 0 Å². The van der Waals surface area contributed by atoms with Crippen LogP contribution in [0.15, 0.2) is 47.1 Å². The van der Waals surface area contributed by atoms with Gasteiger partial charge < -0.3 is 20.2 Å². The van der Waals surface area contributed by atoms with Crippen LogP contribution < -0.4 is 10.6 Å². The van der Waals surface area contributed by atoms with E-state index in [1.807, 2.05) is 12.1 Å². The van der Waals surface area contributed by atoms with E-state index in [-0.39, 0.29) is 6.61 Å². The quantitative estimate of drug-likeness (QED) is 0.737. The van der Waals surface area contributed by atoms with Gasteiger partial charge in [-0.25, -0.2) is 0 Å². The van der Waals surface area contributed by atoms with Gasteiger partial charge in [0.05, 0.1) is 12.9 Å². The first-order valence-corrected chi connectivity index (χ1v) is 7.37. The van der Waals surface area contributed by atoms with E-state index in [0.29, 0.717) is 17.4 Å². The maximum atomic E-state index is 11.9. The van der Waals surface area contributed by atoms with Crippen molar-refractivity contribution in [2.45, 2.75) is 25.8 Å². The number of hydrogen-bond donors (Lipinski definition) is 3. The number of nitrogens with one attached hydrogen (secondary N) is 2. The molecule has 2 amide bonds. The first-order chi connectivity index (χ1) is 11.0. The van der Waals surface area contributed by atoms with Crippen molar-refractivity contribution >= 4 is 17.5 Å². The van der Waals surface area contributed by atoms with E-state index in [1.165, 1.54) is 6.26 Å². The molecule has 23 heavy (non-hydrogen) atoms. The van der Waals surface area contributed by atoms with Crippen LogP contribution in [0.1, 0.15) is 37.1 Å². The topological polar surface area (TPSA) is 91.6 Å². The van der Waals surface area contributed by atoms with Crippen molar-refractivity contribution in [1.29, 1.82) is 0 Å². The van der Waals surface area contributed by atoms with Crippen LogP contribution in [0.5, 0.6) is 0 Å². The molecule has 3 N–H and O–H groups in total. The summed E-state index contributed by atoms with van der Waals surface area (Å²) < 4.78 is 5.11. The third kappa shape index (κ3) is 4.43. The van der Waals surface area contributed by atoms with Crippen molar-refractivity contribution in [1.82, 2.24) is 5.32 Å². The molecule has 6 heteroatoms. The summed E-state index contributed by atoms with van der Waals surface area (Å²) >= 11 is 0. The second-order valence-corrected chi connectivity index (χ2v) is 5.45. The number of aliphatic hydroxyl groups is 1. The SMILES string of the molecule is CC(C)c1ccc(NC(=O)C(=O)NC(CO)c2ccco2)cc1. The zero-order chi connectivity index (χ0) is 16.8. The van der Waals surface area contributed by atoms with Crippen LogP contribution in [0.2, 0.25) is 0 Å². The molecular formula is C17H20N2O4. The summed E-state index contributed by atoms with van der Waals surface area (Å²) in [6.45, 7) is 3.78. The van der Waals surface area contributed by atoms with Crippen molar-refractivity contribution < 1.29 is 19.1 Å². The lowest BCUT2D eigenvalue weighted by atomic mass is 10.0. The highest BCUT2D eigenvalue weighted by Crippen LogP contribution is 2.17. The highest BCUT2D eigenvalue weighted by atomic mass is 16.3. The van der Waals surface area contributed by atoms with Crippen LogP contribution in [0.4, 0.5) is 5.69 Å². The van der Waals surface area contributed by atoms with E-state index in [4.69, 9.17) is 4.42 Å². The highest BCUT2D eigenvalue weighted by molar-refractivity contribution is 6.39. The summed E-state index contributed by atoms with van der Waals surface area (Å²) in [5.41, 5.74) is 1.68. The van der Waals surface area contributed by atoms with E-state index < -0.39 is 17.9 Å². The van der Waals surface area contributed by atoms with Gasteiger partial charge in [0.15, 0.2) is 0 Å². The Bertz CT molecular complexity index is 648. The second-order valence-electron chi connectivity index (χ2n) is 5.45. The number of aliphatic hydroxyl groups excluding tert-OH is 1. The van der Waals surface area contributed by atoms with Crippen LogP contribution in [0.25, 0.3) is 0 Å². The average Bonchev–Trinajstić information content (AvgIpc) is 3.07. The fourth-order valence-electron chi connectivity index (χ4n) is 2.06. The first-order valence-electron chi connectivity index (χ1n) is 7.37. The molecule has 0 aliphatic rings. The fourth-order valence-corrected chi connectivity index (χ4v) is 2.06. The van der Waals surface area contributed by atoms with Crippen molar-refractivity contribution in [3.8, 4) is 0 Å². The van der Waals surface area contributed by atoms with Crippen molar-refractivity contribution in [3.05, 3.63) is 54.0 Å². The minimum absolute atomic E-state index is 0.365. The zero-order valence-corrected chi connectivity index (χ0v) is 13.1. The summed E-state index contributed by atoms with van der Waals surface area (Å²) in [7, 11) is 0. The molecular weight excluding hydrogens is 296 g/mol. The molecule has 1 aromatic carbocycles. The maximum Gasteiger partial charge on any atom is 0.313 e. The average molecular weight is 316 g/mol. The van der Waals surface area contributed by atoms with Crippen LogP contribution in [-0.4, -0.2) is 23.5 Å². The molecule has 0 aliphatic heterocycles. The number of rotatable bonds is 5. The minimum Gasteiger partial charge on any atom is -0.467 e. The molecule has 0 aliphatic carbocycles. The molecule has 1 atom stereocenters. The Kier molecular flexibility index (Phi) is 5.54. The molecule has 1 unspecified atom stereocenters. The summed E-state index contributed by atoms with van der Waals surface area (Å²) in [4.78, 5) is 23.8. The molecule has 1 aromatic heterocycles. The van der Waals surface area contributed by atoms with Gasteiger partial charge in [-0.2, -0.15) is 0 Å². The van der Waals surface area contributed by atoms with Gasteiger partial charge in [0.1, 0.15) is 11.8 Å².